The Bertz CT molecular complexity index is 457. The summed E-state index contributed by atoms with van der Waals surface area (Å²) in [5, 5.41) is 0. The maximum atomic E-state index is 12.2. The maximum absolute atomic E-state index is 12.2. The minimum absolute atomic E-state index is 0.102. The summed E-state index contributed by atoms with van der Waals surface area (Å²) >= 11 is 0. The van der Waals surface area contributed by atoms with Gasteiger partial charge in [0.25, 0.3) is 0 Å². The van der Waals surface area contributed by atoms with Gasteiger partial charge in [-0.1, -0.05) is 6.08 Å². The van der Waals surface area contributed by atoms with E-state index in [2.05, 4.69) is 11.0 Å². The molecule has 0 aromatic carbocycles. The molecule has 1 atom stereocenters. The number of carbonyl (C=O) groups excluding carboxylic acids is 2. The molecule has 0 aromatic heterocycles. The van der Waals surface area contributed by atoms with Gasteiger partial charge in [0.05, 0.1) is 19.8 Å². The van der Waals surface area contributed by atoms with Crippen molar-refractivity contribution in [3.05, 3.63) is 11.8 Å². The van der Waals surface area contributed by atoms with E-state index >= 15 is 0 Å². The van der Waals surface area contributed by atoms with Crippen LogP contribution in [0.15, 0.2) is 11.8 Å². The van der Waals surface area contributed by atoms with Crippen LogP contribution in [0.3, 0.4) is 0 Å². The lowest BCUT2D eigenvalue weighted by molar-refractivity contribution is -0.128. The van der Waals surface area contributed by atoms with Crippen molar-refractivity contribution in [3.8, 4) is 0 Å². The molecule has 0 saturated carbocycles. The van der Waals surface area contributed by atoms with Gasteiger partial charge >= 0.3 is 6.09 Å². The molecule has 2 fully saturated rings. The van der Waals surface area contributed by atoms with Crippen molar-refractivity contribution in [2.75, 3.05) is 39.5 Å². The Labute approximate surface area is 131 Å². The van der Waals surface area contributed by atoms with Gasteiger partial charge in [-0.2, -0.15) is 0 Å². The lowest BCUT2D eigenvalue weighted by Crippen LogP contribution is -2.39. The second kappa shape index (κ2) is 7.13. The van der Waals surface area contributed by atoms with Gasteiger partial charge in [0.2, 0.25) is 5.91 Å². The van der Waals surface area contributed by atoms with E-state index in [9.17, 15) is 9.59 Å². The van der Waals surface area contributed by atoms with Crippen molar-refractivity contribution in [2.24, 2.45) is 5.92 Å². The van der Waals surface area contributed by atoms with Crippen molar-refractivity contribution in [1.29, 1.82) is 0 Å². The third-order valence-corrected chi connectivity index (χ3v) is 4.67. The third kappa shape index (κ3) is 3.43. The molecule has 1 aliphatic carbocycles. The zero-order valence-corrected chi connectivity index (χ0v) is 13.0. The minimum atomic E-state index is -0.488. The lowest BCUT2D eigenvalue weighted by Gasteiger charge is -2.37. The Morgan fingerprint density at radius 2 is 2.05 bits per heavy atom. The van der Waals surface area contributed by atoms with Gasteiger partial charge in [-0.3, -0.25) is 4.79 Å². The van der Waals surface area contributed by atoms with E-state index in [1.807, 2.05) is 0 Å². The first-order chi connectivity index (χ1) is 10.8. The quantitative estimate of drug-likeness (QED) is 0.792. The molecule has 122 valence electrons. The summed E-state index contributed by atoms with van der Waals surface area (Å²) in [6.07, 6.45) is 6.49. The summed E-state index contributed by atoms with van der Waals surface area (Å²) in [5.41, 5.74) is 1.38. The van der Waals surface area contributed by atoms with Crippen LogP contribution in [0.25, 0.3) is 0 Å². The van der Waals surface area contributed by atoms with Gasteiger partial charge in [0, 0.05) is 25.2 Å². The molecule has 2 amide bonds. The van der Waals surface area contributed by atoms with E-state index in [1.165, 1.54) is 17.0 Å². The molecular formula is C16H24N2O4. The number of rotatable bonds is 4. The molecule has 0 aromatic rings. The zero-order valence-electron chi connectivity index (χ0n) is 13.0. The molecule has 6 heteroatoms. The van der Waals surface area contributed by atoms with Crippen LogP contribution in [0, 0.1) is 5.92 Å². The summed E-state index contributed by atoms with van der Waals surface area (Å²) in [4.78, 5) is 27.2. The van der Waals surface area contributed by atoms with Gasteiger partial charge in [0.15, 0.2) is 0 Å². The third-order valence-electron chi connectivity index (χ3n) is 4.67. The average Bonchev–Trinajstić information content (AvgIpc) is 3.00. The van der Waals surface area contributed by atoms with Crippen LogP contribution < -0.4 is 0 Å². The molecule has 0 N–H and O–H groups in total. The second-order valence-corrected chi connectivity index (χ2v) is 6.05. The van der Waals surface area contributed by atoms with E-state index in [4.69, 9.17) is 9.47 Å². The first-order valence-corrected chi connectivity index (χ1v) is 8.25. The highest BCUT2D eigenvalue weighted by atomic mass is 16.6. The maximum Gasteiger partial charge on any atom is 0.416 e. The van der Waals surface area contributed by atoms with Gasteiger partial charge in [-0.15, -0.1) is 0 Å². The highest BCUT2D eigenvalue weighted by Crippen LogP contribution is 2.31. The number of allylic oxidation sites excluding steroid dienone is 2. The molecule has 2 heterocycles. The number of carbonyl (C=O) groups is 2. The fourth-order valence-corrected chi connectivity index (χ4v) is 3.48. The number of morpholine rings is 1. The first kappa shape index (κ1) is 15.3. The molecule has 2 saturated heterocycles. The predicted molar refractivity (Wildman–Crippen MR) is 80.1 cm³/mol. The molecule has 22 heavy (non-hydrogen) atoms. The number of hydrogen-bond donors (Lipinski definition) is 0. The first-order valence-electron chi connectivity index (χ1n) is 8.25. The van der Waals surface area contributed by atoms with Crippen LogP contribution in [0.1, 0.15) is 32.1 Å². The Morgan fingerprint density at radius 3 is 2.77 bits per heavy atom. The largest absolute Gasteiger partial charge is 0.447 e. The van der Waals surface area contributed by atoms with Gasteiger partial charge < -0.3 is 14.4 Å². The number of nitrogens with zero attached hydrogens (tertiary/aromatic N) is 2. The number of hydrogen-bond acceptors (Lipinski definition) is 5. The van der Waals surface area contributed by atoms with Crippen molar-refractivity contribution in [2.45, 2.75) is 32.1 Å². The fraction of sp³-hybridized carbons (Fsp3) is 0.750. The normalized spacial score (nSPS) is 25.9. The van der Waals surface area contributed by atoms with Crippen molar-refractivity contribution >= 4 is 12.0 Å². The topological polar surface area (TPSA) is 59.1 Å². The van der Waals surface area contributed by atoms with E-state index in [0.717, 1.165) is 45.6 Å². The highest BCUT2D eigenvalue weighted by Gasteiger charge is 2.30. The van der Waals surface area contributed by atoms with Crippen LogP contribution in [0.5, 0.6) is 0 Å². The Balaban J connectivity index is 1.55. The molecule has 0 radical (unpaired) electrons. The van der Waals surface area contributed by atoms with E-state index < -0.39 is 6.09 Å². The molecule has 1 unspecified atom stereocenters. The molecule has 2 aliphatic heterocycles. The zero-order chi connectivity index (χ0) is 15.4. The summed E-state index contributed by atoms with van der Waals surface area (Å²) in [5.74, 6) is 0.323. The fourth-order valence-electron chi connectivity index (χ4n) is 3.48. The molecule has 0 spiro atoms. The summed E-state index contributed by atoms with van der Waals surface area (Å²) < 4.78 is 10.2. The van der Waals surface area contributed by atoms with E-state index in [-0.39, 0.29) is 5.91 Å². The van der Waals surface area contributed by atoms with Crippen LogP contribution in [0.2, 0.25) is 0 Å². The van der Waals surface area contributed by atoms with Gasteiger partial charge in [0.1, 0.15) is 6.61 Å². The predicted octanol–water partition coefficient (Wildman–Crippen LogP) is 1.76. The van der Waals surface area contributed by atoms with Crippen molar-refractivity contribution in [1.82, 2.24) is 9.80 Å². The van der Waals surface area contributed by atoms with Gasteiger partial charge in [-0.25, -0.2) is 9.69 Å². The Hall–Kier alpha value is -1.56. The number of ether oxygens (including phenoxy) is 2. The number of imide groups is 1. The monoisotopic (exact) mass is 308 g/mol. The van der Waals surface area contributed by atoms with Crippen LogP contribution in [-0.4, -0.2) is 61.3 Å². The highest BCUT2D eigenvalue weighted by molar-refractivity contribution is 5.92. The lowest BCUT2D eigenvalue weighted by atomic mass is 9.87. The van der Waals surface area contributed by atoms with Crippen molar-refractivity contribution < 1.29 is 19.1 Å². The summed E-state index contributed by atoms with van der Waals surface area (Å²) in [6, 6.07) is 0. The summed E-state index contributed by atoms with van der Waals surface area (Å²) in [7, 11) is 0. The molecule has 6 nitrogen and oxygen atoms in total. The average molecular weight is 308 g/mol. The van der Waals surface area contributed by atoms with E-state index in [0.29, 0.717) is 25.5 Å². The minimum Gasteiger partial charge on any atom is -0.447 e. The van der Waals surface area contributed by atoms with Crippen LogP contribution in [0.4, 0.5) is 4.79 Å². The molecule has 3 aliphatic rings. The number of amides is 2. The Morgan fingerprint density at radius 1 is 1.23 bits per heavy atom. The van der Waals surface area contributed by atoms with E-state index in [1.54, 1.807) is 0 Å². The van der Waals surface area contributed by atoms with Crippen LogP contribution >= 0.6 is 0 Å². The standard InChI is InChI=1S/C16H24N2O4/c19-15(18-9-12-22-16(18)20)6-5-13-3-1-2-4-14(13)17-7-10-21-11-8-17/h4,13H,1-3,5-12H2. The molecule has 0 bridgehead atoms. The Kier molecular flexibility index (Phi) is 4.97. The smallest absolute Gasteiger partial charge is 0.416 e. The SMILES string of the molecule is O=C(CCC1CCCC=C1N1CCOCC1)N1CCOC1=O. The second-order valence-electron chi connectivity index (χ2n) is 6.05. The molecule has 3 rings (SSSR count). The molecular weight excluding hydrogens is 284 g/mol. The van der Waals surface area contributed by atoms with Gasteiger partial charge in [-0.05, 0) is 31.6 Å². The number of cyclic esters (lactones) is 1. The van der Waals surface area contributed by atoms with Crippen LogP contribution in [-0.2, 0) is 14.3 Å². The summed E-state index contributed by atoms with van der Waals surface area (Å²) in [6.45, 7) is 4.16. The van der Waals surface area contributed by atoms with Crippen molar-refractivity contribution in [3.63, 3.8) is 0 Å².